The van der Waals surface area contributed by atoms with Crippen LogP contribution in [-0.2, 0) is 6.54 Å². The highest BCUT2D eigenvalue weighted by molar-refractivity contribution is 9.10. The first-order valence-corrected chi connectivity index (χ1v) is 6.92. The molecule has 0 radical (unpaired) electrons. The molecule has 0 aliphatic rings. The Balaban J connectivity index is 2.18. The van der Waals surface area contributed by atoms with Crippen molar-refractivity contribution in [3.63, 3.8) is 0 Å². The number of phenols is 1. The molecule has 2 rings (SSSR count). The van der Waals surface area contributed by atoms with Crippen molar-refractivity contribution in [2.24, 2.45) is 0 Å². The van der Waals surface area contributed by atoms with Gasteiger partial charge in [-0.1, -0.05) is 11.6 Å². The molecular formula is C14H12BrClFNO2. The first kappa shape index (κ1) is 14.9. The second kappa shape index (κ2) is 6.33. The van der Waals surface area contributed by atoms with E-state index in [1.54, 1.807) is 18.2 Å². The van der Waals surface area contributed by atoms with Crippen molar-refractivity contribution in [2.75, 3.05) is 12.4 Å². The summed E-state index contributed by atoms with van der Waals surface area (Å²) in [5.74, 6) is 0.0167. The lowest BCUT2D eigenvalue weighted by atomic mass is 10.1. The topological polar surface area (TPSA) is 41.5 Å². The highest BCUT2D eigenvalue weighted by Gasteiger charge is 2.10. The molecule has 0 saturated heterocycles. The van der Waals surface area contributed by atoms with Crippen LogP contribution in [0.1, 0.15) is 5.56 Å². The average molecular weight is 361 g/mol. The van der Waals surface area contributed by atoms with Gasteiger partial charge in [0.25, 0.3) is 0 Å². The van der Waals surface area contributed by atoms with Gasteiger partial charge in [-0.15, -0.1) is 0 Å². The van der Waals surface area contributed by atoms with Gasteiger partial charge in [-0.3, -0.25) is 0 Å². The molecule has 3 nitrogen and oxygen atoms in total. The number of phenolic OH excluding ortho intramolecular Hbond substituents is 1. The number of nitrogens with one attached hydrogen (secondary N) is 1. The Bertz CT molecular complexity index is 637. The van der Waals surface area contributed by atoms with Crippen LogP contribution >= 0.6 is 27.5 Å². The summed E-state index contributed by atoms with van der Waals surface area (Å²) in [6.45, 7) is 0.334. The molecular weight excluding hydrogens is 349 g/mol. The van der Waals surface area contributed by atoms with Crippen LogP contribution < -0.4 is 10.1 Å². The molecule has 106 valence electrons. The highest BCUT2D eigenvalue weighted by atomic mass is 79.9. The van der Waals surface area contributed by atoms with Crippen LogP contribution in [0.15, 0.2) is 34.8 Å². The first-order chi connectivity index (χ1) is 9.51. The number of ether oxygens (including phenoxy) is 1. The molecule has 0 aliphatic carbocycles. The third kappa shape index (κ3) is 3.35. The van der Waals surface area contributed by atoms with Crippen LogP contribution in [0.5, 0.6) is 11.5 Å². The molecule has 0 fully saturated rings. The van der Waals surface area contributed by atoms with Gasteiger partial charge < -0.3 is 15.2 Å². The summed E-state index contributed by atoms with van der Waals surface area (Å²) in [6, 6.07) is 7.76. The van der Waals surface area contributed by atoms with E-state index in [-0.39, 0.29) is 11.6 Å². The van der Waals surface area contributed by atoms with Gasteiger partial charge in [-0.25, -0.2) is 4.39 Å². The number of benzene rings is 2. The lowest BCUT2D eigenvalue weighted by Gasteiger charge is -2.12. The Kier molecular flexibility index (Phi) is 4.73. The molecule has 2 aromatic carbocycles. The van der Waals surface area contributed by atoms with Gasteiger partial charge in [0.15, 0.2) is 11.5 Å². The smallest absolute Gasteiger partial charge is 0.162 e. The van der Waals surface area contributed by atoms with Crippen LogP contribution in [0.25, 0.3) is 0 Å². The zero-order chi connectivity index (χ0) is 14.7. The summed E-state index contributed by atoms with van der Waals surface area (Å²) in [6.07, 6.45) is 0. The number of aromatic hydroxyl groups is 1. The summed E-state index contributed by atoms with van der Waals surface area (Å²) < 4.78 is 18.5. The van der Waals surface area contributed by atoms with Gasteiger partial charge in [0.05, 0.1) is 11.6 Å². The maximum atomic E-state index is 13.1. The molecule has 0 aromatic heterocycles. The summed E-state index contributed by atoms with van der Waals surface area (Å²) >= 11 is 9.07. The summed E-state index contributed by atoms with van der Waals surface area (Å²) in [5.41, 5.74) is 1.31. The maximum absolute atomic E-state index is 13.1. The number of hydrogen-bond donors (Lipinski definition) is 2. The molecule has 20 heavy (non-hydrogen) atoms. The van der Waals surface area contributed by atoms with Crippen LogP contribution in [0.3, 0.4) is 0 Å². The van der Waals surface area contributed by atoms with E-state index in [2.05, 4.69) is 21.2 Å². The van der Waals surface area contributed by atoms with Gasteiger partial charge in [0.1, 0.15) is 5.82 Å². The third-order valence-electron chi connectivity index (χ3n) is 2.74. The molecule has 6 heteroatoms. The van der Waals surface area contributed by atoms with Crippen LogP contribution in [0.4, 0.5) is 10.1 Å². The second-order valence-corrected chi connectivity index (χ2v) is 5.39. The standard InChI is InChI=1S/C14H12BrClFNO2/c1-20-13-5-9(16)4-8(14(13)19)7-18-10-2-3-12(17)11(15)6-10/h2-6,18-19H,7H2,1H3. The SMILES string of the molecule is COc1cc(Cl)cc(CNc2ccc(F)c(Br)c2)c1O. The number of halogens is 3. The molecule has 0 saturated carbocycles. The summed E-state index contributed by atoms with van der Waals surface area (Å²) in [5, 5.41) is 13.5. The molecule has 2 aromatic rings. The molecule has 0 spiro atoms. The molecule has 2 N–H and O–H groups in total. The summed E-state index contributed by atoms with van der Waals surface area (Å²) in [7, 11) is 1.46. The molecule has 0 bridgehead atoms. The Morgan fingerprint density at radius 1 is 1.35 bits per heavy atom. The van der Waals surface area contributed by atoms with Gasteiger partial charge in [0, 0.05) is 28.9 Å². The van der Waals surface area contributed by atoms with E-state index < -0.39 is 0 Å². The lowest BCUT2D eigenvalue weighted by molar-refractivity contribution is 0.371. The number of hydrogen-bond acceptors (Lipinski definition) is 3. The predicted molar refractivity (Wildman–Crippen MR) is 81.1 cm³/mol. The van der Waals surface area contributed by atoms with E-state index in [9.17, 15) is 9.50 Å². The van der Waals surface area contributed by atoms with Crippen molar-refractivity contribution in [2.45, 2.75) is 6.54 Å². The second-order valence-electron chi connectivity index (χ2n) is 4.10. The fourth-order valence-electron chi connectivity index (χ4n) is 1.72. The van der Waals surface area contributed by atoms with Crippen molar-refractivity contribution in [1.29, 1.82) is 0 Å². The number of rotatable bonds is 4. The molecule has 0 amide bonds. The van der Waals surface area contributed by atoms with E-state index >= 15 is 0 Å². The molecule has 0 aliphatic heterocycles. The Morgan fingerprint density at radius 3 is 2.75 bits per heavy atom. The van der Waals surface area contributed by atoms with E-state index in [0.717, 1.165) is 5.69 Å². The van der Waals surface area contributed by atoms with Crippen molar-refractivity contribution < 1.29 is 14.2 Å². The average Bonchev–Trinajstić information content (AvgIpc) is 2.43. The minimum absolute atomic E-state index is 0.0329. The van der Waals surface area contributed by atoms with Crippen LogP contribution in [0.2, 0.25) is 5.02 Å². The van der Waals surface area contributed by atoms with Crippen molar-refractivity contribution in [3.8, 4) is 11.5 Å². The van der Waals surface area contributed by atoms with Crippen LogP contribution in [0, 0.1) is 5.82 Å². The van der Waals surface area contributed by atoms with Gasteiger partial charge in [-0.05, 0) is 40.2 Å². The van der Waals surface area contributed by atoms with Crippen LogP contribution in [-0.4, -0.2) is 12.2 Å². The monoisotopic (exact) mass is 359 g/mol. The Morgan fingerprint density at radius 2 is 2.10 bits per heavy atom. The third-order valence-corrected chi connectivity index (χ3v) is 3.57. The van der Waals surface area contributed by atoms with Gasteiger partial charge >= 0.3 is 0 Å². The lowest BCUT2D eigenvalue weighted by Crippen LogP contribution is -2.01. The molecule has 0 atom stereocenters. The van der Waals surface area contributed by atoms with Gasteiger partial charge in [-0.2, -0.15) is 0 Å². The van der Waals surface area contributed by atoms with E-state index in [4.69, 9.17) is 16.3 Å². The van der Waals surface area contributed by atoms with Crippen molar-refractivity contribution in [1.82, 2.24) is 0 Å². The normalized spacial score (nSPS) is 10.4. The molecule has 0 heterocycles. The largest absolute Gasteiger partial charge is 0.504 e. The number of methoxy groups -OCH3 is 1. The van der Waals surface area contributed by atoms with E-state index in [1.165, 1.54) is 19.2 Å². The zero-order valence-corrected chi connectivity index (χ0v) is 12.9. The first-order valence-electron chi connectivity index (χ1n) is 5.75. The quantitative estimate of drug-likeness (QED) is 0.839. The van der Waals surface area contributed by atoms with Crippen molar-refractivity contribution in [3.05, 3.63) is 51.2 Å². The van der Waals surface area contributed by atoms with Gasteiger partial charge in [0.2, 0.25) is 0 Å². The minimum Gasteiger partial charge on any atom is -0.504 e. The fraction of sp³-hybridized carbons (Fsp3) is 0.143. The maximum Gasteiger partial charge on any atom is 0.162 e. The predicted octanol–water partition coefficient (Wildman–Crippen LogP) is 4.57. The summed E-state index contributed by atoms with van der Waals surface area (Å²) in [4.78, 5) is 0. The fourth-order valence-corrected chi connectivity index (χ4v) is 2.33. The van der Waals surface area contributed by atoms with E-state index in [1.807, 2.05) is 0 Å². The highest BCUT2D eigenvalue weighted by Crippen LogP contribution is 2.34. The van der Waals surface area contributed by atoms with Crippen molar-refractivity contribution >= 4 is 33.2 Å². The zero-order valence-electron chi connectivity index (χ0n) is 10.6. The molecule has 0 unspecified atom stereocenters. The minimum atomic E-state index is -0.331. The Labute approximate surface area is 129 Å². The van der Waals surface area contributed by atoms with E-state index in [0.29, 0.717) is 27.4 Å². The number of anilines is 1. The Hall–Kier alpha value is -1.46.